The number of hydrazone groups is 1. The van der Waals surface area contributed by atoms with Crippen LogP contribution in [0.5, 0.6) is 0 Å². The lowest BCUT2D eigenvalue weighted by molar-refractivity contribution is 1.21. The van der Waals surface area contributed by atoms with E-state index in [0.29, 0.717) is 0 Å². The second kappa shape index (κ2) is 7.92. The average Bonchev–Trinajstić information content (AvgIpc) is 3.06. The van der Waals surface area contributed by atoms with Crippen LogP contribution in [-0.4, -0.2) is 10.7 Å². The van der Waals surface area contributed by atoms with E-state index in [1.54, 1.807) is 0 Å². The quantitative estimate of drug-likeness (QED) is 0.380. The maximum atomic E-state index is 5.94. The highest BCUT2D eigenvalue weighted by atomic mass is 79.9. The number of thiazole rings is 1. The van der Waals surface area contributed by atoms with Gasteiger partial charge in [-0.2, -0.15) is 5.10 Å². The first kappa shape index (κ1) is 17.1. The van der Waals surface area contributed by atoms with Crippen LogP contribution in [0.4, 0.5) is 5.13 Å². The van der Waals surface area contributed by atoms with Crippen molar-refractivity contribution in [1.82, 2.24) is 4.98 Å². The Hall–Kier alpha value is -1.69. The van der Waals surface area contributed by atoms with E-state index in [9.17, 15) is 0 Å². The number of nitrogens with zero attached hydrogens (tertiary/aromatic N) is 2. The van der Waals surface area contributed by atoms with Gasteiger partial charge in [0.1, 0.15) is 0 Å². The van der Waals surface area contributed by atoms with Gasteiger partial charge in [-0.05, 0) is 36.2 Å². The molecular formula is C18H15BrClN3S. The molecule has 0 fully saturated rings. The van der Waals surface area contributed by atoms with Gasteiger partial charge >= 0.3 is 0 Å². The molecule has 122 valence electrons. The first-order valence-electron chi connectivity index (χ1n) is 7.45. The highest BCUT2D eigenvalue weighted by Gasteiger charge is 2.05. The third-order valence-electron chi connectivity index (χ3n) is 3.44. The SMILES string of the molecule is CCC(=NNc1nc(-c2ccc(Br)cc2)cs1)c1ccc(Cl)cc1. The molecule has 1 N–H and O–H groups in total. The van der Waals surface area contributed by atoms with E-state index in [0.717, 1.165) is 43.6 Å². The molecule has 0 aliphatic rings. The van der Waals surface area contributed by atoms with Gasteiger partial charge in [0, 0.05) is 20.4 Å². The van der Waals surface area contributed by atoms with Crippen LogP contribution in [-0.2, 0) is 0 Å². The molecule has 6 heteroatoms. The fraction of sp³-hybridized carbons (Fsp3) is 0.111. The zero-order chi connectivity index (χ0) is 16.9. The van der Waals surface area contributed by atoms with Gasteiger partial charge in [-0.1, -0.05) is 58.7 Å². The molecule has 3 rings (SSSR count). The maximum Gasteiger partial charge on any atom is 0.203 e. The minimum Gasteiger partial charge on any atom is -0.252 e. The summed E-state index contributed by atoms with van der Waals surface area (Å²) < 4.78 is 1.06. The first-order valence-corrected chi connectivity index (χ1v) is 9.50. The number of hydrogen-bond acceptors (Lipinski definition) is 4. The number of hydrogen-bond donors (Lipinski definition) is 1. The van der Waals surface area contributed by atoms with Crippen molar-refractivity contribution in [2.75, 3.05) is 5.43 Å². The number of rotatable bonds is 5. The molecule has 24 heavy (non-hydrogen) atoms. The normalized spacial score (nSPS) is 11.5. The smallest absolute Gasteiger partial charge is 0.203 e. The molecule has 3 nitrogen and oxygen atoms in total. The summed E-state index contributed by atoms with van der Waals surface area (Å²) in [5, 5.41) is 8.01. The molecule has 0 atom stereocenters. The fourth-order valence-electron chi connectivity index (χ4n) is 2.18. The second-order valence-electron chi connectivity index (χ2n) is 5.08. The molecule has 0 aliphatic heterocycles. The second-order valence-corrected chi connectivity index (χ2v) is 7.29. The first-order chi connectivity index (χ1) is 11.7. The van der Waals surface area contributed by atoms with Crippen LogP contribution in [0, 0.1) is 0 Å². The Labute approximate surface area is 158 Å². The number of halogens is 2. The van der Waals surface area contributed by atoms with Crippen LogP contribution in [0.15, 0.2) is 63.5 Å². The maximum absolute atomic E-state index is 5.94. The number of benzene rings is 2. The molecular weight excluding hydrogens is 406 g/mol. The molecule has 1 heterocycles. The summed E-state index contributed by atoms with van der Waals surface area (Å²) in [6.45, 7) is 2.07. The van der Waals surface area contributed by atoms with Crippen molar-refractivity contribution >= 4 is 49.7 Å². The molecule has 0 amide bonds. The van der Waals surface area contributed by atoms with Gasteiger partial charge in [-0.25, -0.2) is 4.98 Å². The Balaban J connectivity index is 1.76. The Morgan fingerprint density at radius 3 is 2.54 bits per heavy atom. The van der Waals surface area contributed by atoms with Crippen molar-refractivity contribution in [2.45, 2.75) is 13.3 Å². The summed E-state index contributed by atoms with van der Waals surface area (Å²) in [7, 11) is 0. The fourth-order valence-corrected chi connectivity index (χ4v) is 3.24. The average molecular weight is 421 g/mol. The third-order valence-corrected chi connectivity index (χ3v) is 4.97. The van der Waals surface area contributed by atoms with Crippen LogP contribution >= 0.6 is 38.9 Å². The lowest BCUT2D eigenvalue weighted by atomic mass is 10.1. The molecule has 0 spiro atoms. The number of anilines is 1. The summed E-state index contributed by atoms with van der Waals surface area (Å²) in [6, 6.07) is 15.8. The van der Waals surface area contributed by atoms with Crippen LogP contribution < -0.4 is 5.43 Å². The van der Waals surface area contributed by atoms with Crippen LogP contribution in [0.1, 0.15) is 18.9 Å². The Bertz CT molecular complexity index is 841. The van der Waals surface area contributed by atoms with E-state index in [4.69, 9.17) is 11.6 Å². The van der Waals surface area contributed by atoms with Crippen molar-refractivity contribution in [2.24, 2.45) is 5.10 Å². The zero-order valence-electron chi connectivity index (χ0n) is 13.0. The van der Waals surface area contributed by atoms with Crippen molar-refractivity contribution in [3.05, 3.63) is 69.0 Å². The number of aromatic nitrogens is 1. The Morgan fingerprint density at radius 2 is 1.88 bits per heavy atom. The molecule has 0 aliphatic carbocycles. The van der Waals surface area contributed by atoms with Crippen LogP contribution in [0.2, 0.25) is 5.02 Å². The van der Waals surface area contributed by atoms with E-state index in [-0.39, 0.29) is 0 Å². The van der Waals surface area contributed by atoms with Gasteiger partial charge in [-0.15, -0.1) is 11.3 Å². The van der Waals surface area contributed by atoms with Crippen LogP contribution in [0.3, 0.4) is 0 Å². The van der Waals surface area contributed by atoms with E-state index < -0.39 is 0 Å². The largest absolute Gasteiger partial charge is 0.252 e. The van der Waals surface area contributed by atoms with E-state index in [1.165, 1.54) is 11.3 Å². The summed E-state index contributed by atoms with van der Waals surface area (Å²) in [5.41, 5.74) is 7.11. The topological polar surface area (TPSA) is 37.3 Å². The van der Waals surface area contributed by atoms with Gasteiger partial charge in [0.25, 0.3) is 0 Å². The highest BCUT2D eigenvalue weighted by molar-refractivity contribution is 9.10. The summed E-state index contributed by atoms with van der Waals surface area (Å²) >= 11 is 10.9. The van der Waals surface area contributed by atoms with Gasteiger partial charge in [0.05, 0.1) is 11.4 Å². The summed E-state index contributed by atoms with van der Waals surface area (Å²) in [6.07, 6.45) is 0.819. The third kappa shape index (κ3) is 4.23. The Morgan fingerprint density at radius 1 is 1.17 bits per heavy atom. The lowest BCUT2D eigenvalue weighted by Gasteiger charge is -2.04. The summed E-state index contributed by atoms with van der Waals surface area (Å²) in [4.78, 5) is 4.59. The van der Waals surface area contributed by atoms with E-state index in [2.05, 4.69) is 38.4 Å². The van der Waals surface area contributed by atoms with Crippen molar-refractivity contribution in [1.29, 1.82) is 0 Å². The van der Waals surface area contributed by atoms with Crippen LogP contribution in [0.25, 0.3) is 11.3 Å². The van der Waals surface area contributed by atoms with Crippen molar-refractivity contribution in [3.63, 3.8) is 0 Å². The molecule has 0 unspecified atom stereocenters. The molecule has 3 aromatic rings. The summed E-state index contributed by atoms with van der Waals surface area (Å²) in [5.74, 6) is 0. The molecule has 0 radical (unpaired) electrons. The van der Waals surface area contributed by atoms with Gasteiger partial charge in [0.15, 0.2) is 0 Å². The van der Waals surface area contributed by atoms with E-state index >= 15 is 0 Å². The van der Waals surface area contributed by atoms with Crippen molar-refractivity contribution < 1.29 is 0 Å². The minimum absolute atomic E-state index is 0.723. The molecule has 0 saturated heterocycles. The lowest BCUT2D eigenvalue weighted by Crippen LogP contribution is -2.02. The predicted octanol–water partition coefficient (Wildman–Crippen LogP) is 6.45. The standard InChI is InChI=1S/C18H15BrClN3S/c1-2-16(12-5-9-15(20)10-6-12)22-23-18-21-17(11-24-18)13-3-7-14(19)8-4-13/h3-11H,2H2,1H3,(H,21,23). The predicted molar refractivity (Wildman–Crippen MR) is 107 cm³/mol. The van der Waals surface area contributed by atoms with Gasteiger partial charge in [-0.3, -0.25) is 5.43 Å². The van der Waals surface area contributed by atoms with Crippen molar-refractivity contribution in [3.8, 4) is 11.3 Å². The molecule has 1 aromatic heterocycles. The minimum atomic E-state index is 0.723. The van der Waals surface area contributed by atoms with Gasteiger partial charge in [0.2, 0.25) is 5.13 Å². The molecule has 0 bridgehead atoms. The molecule has 2 aromatic carbocycles. The Kier molecular flexibility index (Phi) is 5.66. The number of nitrogens with one attached hydrogen (secondary N) is 1. The van der Waals surface area contributed by atoms with E-state index in [1.807, 2.05) is 53.9 Å². The molecule has 0 saturated carbocycles. The van der Waals surface area contributed by atoms with Gasteiger partial charge < -0.3 is 0 Å². The highest BCUT2D eigenvalue weighted by Crippen LogP contribution is 2.26. The monoisotopic (exact) mass is 419 g/mol. The zero-order valence-corrected chi connectivity index (χ0v) is 16.1.